The molecule has 0 atom stereocenters. The van der Waals surface area contributed by atoms with Gasteiger partial charge in [0.05, 0.1) is 16.3 Å². The van der Waals surface area contributed by atoms with E-state index in [0.717, 1.165) is 6.42 Å². The fourth-order valence-corrected chi connectivity index (χ4v) is 2.12. The molecule has 1 rings (SSSR count). The van der Waals surface area contributed by atoms with Crippen LogP contribution >= 0.6 is 23.2 Å². The van der Waals surface area contributed by atoms with Crippen molar-refractivity contribution in [2.75, 3.05) is 5.32 Å². The maximum atomic E-state index is 11.7. The summed E-state index contributed by atoms with van der Waals surface area (Å²) in [5.41, 5.74) is -0.0787. The number of terminal acetylenes is 1. The van der Waals surface area contributed by atoms with Crippen LogP contribution in [0.4, 0.5) is 5.69 Å². The molecule has 6 heteroatoms. The topological polar surface area (TPSA) is 66.4 Å². The summed E-state index contributed by atoms with van der Waals surface area (Å²) in [6.07, 6.45) is 7.34. The third-order valence-corrected chi connectivity index (χ3v) is 3.04. The van der Waals surface area contributed by atoms with Crippen LogP contribution in [0.2, 0.25) is 10.0 Å². The number of anilines is 1. The van der Waals surface area contributed by atoms with Gasteiger partial charge in [0.1, 0.15) is 0 Å². The zero-order valence-corrected chi connectivity index (χ0v) is 12.1. The van der Waals surface area contributed by atoms with Crippen molar-refractivity contribution in [3.05, 3.63) is 27.7 Å². The van der Waals surface area contributed by atoms with Gasteiger partial charge in [0.25, 0.3) is 0 Å². The number of halogens is 2. The number of carboxylic acids is 1. The van der Waals surface area contributed by atoms with E-state index in [0.29, 0.717) is 12.8 Å². The Morgan fingerprint density at radius 3 is 2.60 bits per heavy atom. The van der Waals surface area contributed by atoms with Gasteiger partial charge in [0.2, 0.25) is 5.91 Å². The van der Waals surface area contributed by atoms with Crippen LogP contribution in [0.15, 0.2) is 12.1 Å². The lowest BCUT2D eigenvalue weighted by molar-refractivity contribution is -0.116. The summed E-state index contributed by atoms with van der Waals surface area (Å²) in [4.78, 5) is 22.9. The second-order valence-electron chi connectivity index (χ2n) is 4.07. The van der Waals surface area contributed by atoms with Crippen molar-refractivity contribution in [3.63, 3.8) is 0 Å². The highest BCUT2D eigenvalue weighted by Gasteiger charge is 2.17. The molecular formula is C14H13Cl2NO3. The fourth-order valence-electron chi connectivity index (χ4n) is 1.58. The Morgan fingerprint density at radius 1 is 1.30 bits per heavy atom. The van der Waals surface area contributed by atoms with Gasteiger partial charge in [-0.05, 0) is 25.0 Å². The number of nitrogens with one attached hydrogen (secondary N) is 1. The molecule has 0 saturated heterocycles. The minimum absolute atomic E-state index is 0.0607. The number of carbonyl (C=O) groups excluding carboxylic acids is 1. The van der Waals surface area contributed by atoms with Crippen LogP contribution in [-0.2, 0) is 4.79 Å². The molecule has 0 fully saturated rings. The Bertz CT molecular complexity index is 564. The number of hydrogen-bond acceptors (Lipinski definition) is 2. The van der Waals surface area contributed by atoms with Gasteiger partial charge >= 0.3 is 5.97 Å². The van der Waals surface area contributed by atoms with Gasteiger partial charge in [-0.15, -0.1) is 12.3 Å². The maximum Gasteiger partial charge on any atom is 0.337 e. The largest absolute Gasteiger partial charge is 0.478 e. The van der Waals surface area contributed by atoms with E-state index in [9.17, 15) is 9.59 Å². The van der Waals surface area contributed by atoms with E-state index in [1.807, 2.05) is 0 Å². The number of unbranched alkanes of at least 4 members (excludes halogenated alkanes) is 2. The molecule has 0 aliphatic carbocycles. The van der Waals surface area contributed by atoms with Crippen LogP contribution in [0.1, 0.15) is 36.0 Å². The lowest BCUT2D eigenvalue weighted by Crippen LogP contribution is -2.14. The van der Waals surface area contributed by atoms with Crippen molar-refractivity contribution in [3.8, 4) is 12.3 Å². The quantitative estimate of drug-likeness (QED) is 0.619. The van der Waals surface area contributed by atoms with Crippen LogP contribution in [-0.4, -0.2) is 17.0 Å². The predicted molar refractivity (Wildman–Crippen MR) is 79.4 cm³/mol. The monoisotopic (exact) mass is 313 g/mol. The standard InChI is InChI=1S/C14H13Cl2NO3/c1-2-3-4-5-6-12(18)17-13-10(14(19)20)7-9(15)8-11(13)16/h1,7-8H,3-6H2,(H,17,18)(H,19,20). The zero-order valence-electron chi connectivity index (χ0n) is 10.6. The summed E-state index contributed by atoms with van der Waals surface area (Å²) in [5, 5.41) is 11.9. The van der Waals surface area contributed by atoms with Gasteiger partial charge in [-0.3, -0.25) is 4.79 Å². The summed E-state index contributed by atoms with van der Waals surface area (Å²) in [6, 6.07) is 2.62. The van der Waals surface area contributed by atoms with Crippen molar-refractivity contribution in [1.82, 2.24) is 0 Å². The number of rotatable bonds is 6. The second-order valence-corrected chi connectivity index (χ2v) is 4.92. The van der Waals surface area contributed by atoms with E-state index in [4.69, 9.17) is 34.7 Å². The summed E-state index contributed by atoms with van der Waals surface area (Å²) < 4.78 is 0. The minimum Gasteiger partial charge on any atom is -0.478 e. The molecule has 4 nitrogen and oxygen atoms in total. The van der Waals surface area contributed by atoms with Gasteiger partial charge in [-0.2, -0.15) is 0 Å². The normalized spacial score (nSPS) is 9.85. The molecule has 0 aliphatic heterocycles. The Morgan fingerprint density at radius 2 is 2.00 bits per heavy atom. The SMILES string of the molecule is C#CCCCCC(=O)Nc1c(Cl)cc(Cl)cc1C(=O)O. The molecule has 0 heterocycles. The summed E-state index contributed by atoms with van der Waals surface area (Å²) >= 11 is 11.7. The molecule has 0 bridgehead atoms. The number of carboxylic acid groups (broad SMARTS) is 1. The first-order chi connectivity index (χ1) is 9.45. The first kappa shape index (κ1) is 16.4. The molecular weight excluding hydrogens is 301 g/mol. The van der Waals surface area contributed by atoms with E-state index in [1.165, 1.54) is 12.1 Å². The van der Waals surface area contributed by atoms with Crippen LogP contribution in [0.25, 0.3) is 0 Å². The second kappa shape index (κ2) is 7.78. The highest BCUT2D eigenvalue weighted by Crippen LogP contribution is 2.30. The van der Waals surface area contributed by atoms with Gasteiger partial charge in [0, 0.05) is 17.9 Å². The fraction of sp³-hybridized carbons (Fsp3) is 0.286. The molecule has 1 aromatic carbocycles. The summed E-state index contributed by atoms with van der Waals surface area (Å²) in [6.45, 7) is 0. The minimum atomic E-state index is -1.21. The number of amides is 1. The average Bonchev–Trinajstić information content (AvgIpc) is 2.37. The number of hydrogen-bond donors (Lipinski definition) is 2. The molecule has 0 unspecified atom stereocenters. The number of aromatic carboxylic acids is 1. The van der Waals surface area contributed by atoms with Crippen molar-refractivity contribution in [2.45, 2.75) is 25.7 Å². The number of benzene rings is 1. The highest BCUT2D eigenvalue weighted by molar-refractivity contribution is 6.37. The van der Waals surface area contributed by atoms with Crippen LogP contribution in [0.5, 0.6) is 0 Å². The van der Waals surface area contributed by atoms with Crippen molar-refractivity contribution >= 4 is 40.8 Å². The molecule has 1 aromatic rings. The smallest absolute Gasteiger partial charge is 0.337 e. The molecule has 106 valence electrons. The molecule has 0 radical (unpaired) electrons. The molecule has 2 N–H and O–H groups in total. The Hall–Kier alpha value is -1.70. The Kier molecular flexibility index (Phi) is 6.37. The Balaban J connectivity index is 2.79. The maximum absolute atomic E-state index is 11.7. The van der Waals surface area contributed by atoms with E-state index < -0.39 is 5.97 Å². The molecule has 0 aliphatic rings. The van der Waals surface area contributed by atoms with Crippen molar-refractivity contribution in [2.24, 2.45) is 0 Å². The van der Waals surface area contributed by atoms with E-state index in [1.54, 1.807) is 0 Å². The summed E-state index contributed by atoms with van der Waals surface area (Å²) in [7, 11) is 0. The molecule has 1 amide bonds. The van der Waals surface area contributed by atoms with Crippen molar-refractivity contribution < 1.29 is 14.7 Å². The lowest BCUT2D eigenvalue weighted by atomic mass is 10.1. The van der Waals surface area contributed by atoms with E-state index >= 15 is 0 Å². The van der Waals surface area contributed by atoms with Gasteiger partial charge in [0.15, 0.2) is 0 Å². The van der Waals surface area contributed by atoms with Crippen LogP contribution in [0, 0.1) is 12.3 Å². The third kappa shape index (κ3) is 4.76. The van der Waals surface area contributed by atoms with Gasteiger partial charge in [-0.25, -0.2) is 4.79 Å². The van der Waals surface area contributed by atoms with E-state index in [2.05, 4.69) is 11.2 Å². The van der Waals surface area contributed by atoms with Crippen molar-refractivity contribution in [1.29, 1.82) is 0 Å². The molecule has 0 spiro atoms. The van der Waals surface area contributed by atoms with Gasteiger partial charge < -0.3 is 10.4 Å². The zero-order chi connectivity index (χ0) is 15.1. The number of carbonyl (C=O) groups is 2. The summed E-state index contributed by atoms with van der Waals surface area (Å²) in [5.74, 6) is 0.963. The average molecular weight is 314 g/mol. The van der Waals surface area contributed by atoms with Crippen LogP contribution in [0.3, 0.4) is 0 Å². The highest BCUT2D eigenvalue weighted by atomic mass is 35.5. The van der Waals surface area contributed by atoms with Crippen LogP contribution < -0.4 is 5.32 Å². The third-order valence-electron chi connectivity index (χ3n) is 2.52. The first-order valence-corrected chi connectivity index (χ1v) is 6.67. The lowest BCUT2D eigenvalue weighted by Gasteiger charge is -2.11. The Labute approximate surface area is 127 Å². The predicted octanol–water partition coefficient (Wildman–Crippen LogP) is 3.82. The first-order valence-electron chi connectivity index (χ1n) is 5.91. The molecule has 0 saturated carbocycles. The molecule has 0 aromatic heterocycles. The van der Waals surface area contributed by atoms with E-state index in [-0.39, 0.29) is 33.6 Å². The van der Waals surface area contributed by atoms with Gasteiger partial charge in [-0.1, -0.05) is 23.2 Å². The molecule has 20 heavy (non-hydrogen) atoms.